The first kappa shape index (κ1) is 19.8. The van der Waals surface area contributed by atoms with Crippen molar-refractivity contribution in [2.24, 2.45) is 0 Å². The second-order valence-electron chi connectivity index (χ2n) is 6.81. The van der Waals surface area contributed by atoms with Crippen LogP contribution < -0.4 is 14.8 Å². The molecule has 0 saturated carbocycles. The molecule has 0 aliphatic rings. The average molecular weight is 376 g/mol. The Labute approximate surface area is 168 Å². The Morgan fingerprint density at radius 1 is 0.821 bits per heavy atom. The Balaban J connectivity index is 1.43. The predicted octanol–water partition coefficient (Wildman–Crippen LogP) is 5.97. The van der Waals surface area contributed by atoms with Crippen molar-refractivity contribution in [1.29, 1.82) is 0 Å². The number of rotatable bonds is 11. The summed E-state index contributed by atoms with van der Waals surface area (Å²) in [7, 11) is 0. The van der Waals surface area contributed by atoms with Crippen molar-refractivity contribution in [1.82, 2.24) is 0 Å². The molecule has 0 spiro atoms. The SMILES string of the molecule is CCC(CNc1cccc(OCCCc2ccccc2)c1)Oc1ccccc1. The van der Waals surface area contributed by atoms with Crippen LogP contribution in [0.3, 0.4) is 0 Å². The lowest BCUT2D eigenvalue weighted by atomic mass is 10.1. The molecule has 0 aromatic heterocycles. The molecule has 0 saturated heterocycles. The van der Waals surface area contributed by atoms with Crippen molar-refractivity contribution >= 4 is 5.69 Å². The second-order valence-corrected chi connectivity index (χ2v) is 6.81. The summed E-state index contributed by atoms with van der Waals surface area (Å²) in [6, 6.07) is 28.6. The first-order valence-corrected chi connectivity index (χ1v) is 10.1. The minimum Gasteiger partial charge on any atom is -0.494 e. The van der Waals surface area contributed by atoms with Crippen LogP contribution >= 0.6 is 0 Å². The lowest BCUT2D eigenvalue weighted by Gasteiger charge is -2.19. The van der Waals surface area contributed by atoms with E-state index >= 15 is 0 Å². The first-order chi connectivity index (χ1) is 13.8. The zero-order chi connectivity index (χ0) is 19.4. The van der Waals surface area contributed by atoms with E-state index in [1.807, 2.05) is 48.5 Å². The Bertz CT molecular complexity index is 805. The quantitative estimate of drug-likeness (QED) is 0.419. The highest BCUT2D eigenvalue weighted by Gasteiger charge is 2.08. The fourth-order valence-electron chi connectivity index (χ4n) is 3.00. The van der Waals surface area contributed by atoms with E-state index in [1.165, 1.54) is 5.56 Å². The monoisotopic (exact) mass is 375 g/mol. The van der Waals surface area contributed by atoms with E-state index in [1.54, 1.807) is 0 Å². The van der Waals surface area contributed by atoms with Crippen LogP contribution in [0.5, 0.6) is 11.5 Å². The van der Waals surface area contributed by atoms with Gasteiger partial charge in [-0.2, -0.15) is 0 Å². The van der Waals surface area contributed by atoms with Gasteiger partial charge in [0.15, 0.2) is 0 Å². The topological polar surface area (TPSA) is 30.5 Å². The van der Waals surface area contributed by atoms with E-state index < -0.39 is 0 Å². The maximum absolute atomic E-state index is 6.04. The zero-order valence-corrected chi connectivity index (χ0v) is 16.5. The highest BCUT2D eigenvalue weighted by atomic mass is 16.5. The molecule has 0 radical (unpaired) electrons. The van der Waals surface area contributed by atoms with Crippen LogP contribution in [-0.4, -0.2) is 19.3 Å². The molecule has 0 bridgehead atoms. The summed E-state index contributed by atoms with van der Waals surface area (Å²) in [5.74, 6) is 1.81. The molecule has 1 N–H and O–H groups in total. The summed E-state index contributed by atoms with van der Waals surface area (Å²) >= 11 is 0. The Hall–Kier alpha value is -2.94. The third kappa shape index (κ3) is 6.66. The third-order valence-electron chi connectivity index (χ3n) is 4.59. The maximum Gasteiger partial charge on any atom is 0.121 e. The van der Waals surface area contributed by atoms with Crippen LogP contribution in [0, 0.1) is 0 Å². The van der Waals surface area contributed by atoms with Gasteiger partial charge < -0.3 is 14.8 Å². The van der Waals surface area contributed by atoms with Crippen molar-refractivity contribution < 1.29 is 9.47 Å². The van der Waals surface area contributed by atoms with Gasteiger partial charge in [0, 0.05) is 11.8 Å². The summed E-state index contributed by atoms with van der Waals surface area (Å²) in [6.45, 7) is 3.61. The molecule has 0 heterocycles. The number of aryl methyl sites for hydroxylation is 1. The van der Waals surface area contributed by atoms with Gasteiger partial charge in [0.05, 0.1) is 13.2 Å². The number of hydrogen-bond acceptors (Lipinski definition) is 3. The molecule has 0 aliphatic heterocycles. The first-order valence-electron chi connectivity index (χ1n) is 10.1. The molecule has 3 heteroatoms. The summed E-state index contributed by atoms with van der Waals surface area (Å²) in [5, 5.41) is 3.47. The Kier molecular flexibility index (Phi) is 7.80. The fourth-order valence-corrected chi connectivity index (χ4v) is 3.00. The van der Waals surface area contributed by atoms with Gasteiger partial charge >= 0.3 is 0 Å². The van der Waals surface area contributed by atoms with Gasteiger partial charge in [-0.25, -0.2) is 0 Å². The van der Waals surface area contributed by atoms with Crippen LogP contribution in [0.2, 0.25) is 0 Å². The minimum absolute atomic E-state index is 0.123. The zero-order valence-electron chi connectivity index (χ0n) is 16.5. The second kappa shape index (κ2) is 11.0. The number of para-hydroxylation sites is 1. The maximum atomic E-state index is 6.04. The van der Waals surface area contributed by atoms with Gasteiger partial charge in [-0.1, -0.05) is 61.5 Å². The van der Waals surface area contributed by atoms with E-state index in [-0.39, 0.29) is 6.10 Å². The van der Waals surface area contributed by atoms with Crippen LogP contribution in [0.15, 0.2) is 84.9 Å². The molecule has 146 valence electrons. The average Bonchev–Trinajstić information content (AvgIpc) is 2.76. The van der Waals surface area contributed by atoms with Gasteiger partial charge in [0.2, 0.25) is 0 Å². The molecule has 3 aromatic rings. The predicted molar refractivity (Wildman–Crippen MR) is 116 cm³/mol. The number of nitrogens with one attached hydrogen (secondary N) is 1. The summed E-state index contributed by atoms with van der Waals surface area (Å²) < 4.78 is 12.0. The highest BCUT2D eigenvalue weighted by molar-refractivity contribution is 5.48. The van der Waals surface area contributed by atoms with E-state index in [4.69, 9.17) is 9.47 Å². The van der Waals surface area contributed by atoms with Crippen LogP contribution in [0.25, 0.3) is 0 Å². The van der Waals surface area contributed by atoms with E-state index in [9.17, 15) is 0 Å². The molecule has 3 rings (SSSR count). The van der Waals surface area contributed by atoms with Gasteiger partial charge in [0.25, 0.3) is 0 Å². The van der Waals surface area contributed by atoms with Crippen LogP contribution in [-0.2, 0) is 6.42 Å². The van der Waals surface area contributed by atoms with Crippen LogP contribution in [0.4, 0.5) is 5.69 Å². The van der Waals surface area contributed by atoms with E-state index in [2.05, 4.69) is 48.6 Å². The van der Waals surface area contributed by atoms with Gasteiger partial charge in [-0.05, 0) is 49.1 Å². The van der Waals surface area contributed by atoms with E-state index in [0.717, 1.165) is 43.0 Å². The standard InChI is InChI=1S/C25H29NO2/c1-2-23(28-24-15-7-4-8-16-24)20-26-22-14-9-17-25(19-22)27-18-10-13-21-11-5-3-6-12-21/h3-9,11-12,14-17,19,23,26H,2,10,13,18,20H2,1H3. The molecule has 0 amide bonds. The van der Waals surface area contributed by atoms with E-state index in [0.29, 0.717) is 6.61 Å². The molecular weight excluding hydrogens is 346 g/mol. The smallest absolute Gasteiger partial charge is 0.121 e. The van der Waals surface area contributed by atoms with Gasteiger partial charge in [-0.3, -0.25) is 0 Å². The van der Waals surface area contributed by atoms with Crippen molar-refractivity contribution in [2.75, 3.05) is 18.5 Å². The Morgan fingerprint density at radius 3 is 2.29 bits per heavy atom. The van der Waals surface area contributed by atoms with Crippen LogP contribution in [0.1, 0.15) is 25.3 Å². The largest absolute Gasteiger partial charge is 0.494 e. The Morgan fingerprint density at radius 2 is 1.54 bits per heavy atom. The van der Waals surface area contributed by atoms with Gasteiger partial charge in [0.1, 0.15) is 17.6 Å². The molecule has 1 atom stereocenters. The van der Waals surface area contributed by atoms with Crippen molar-refractivity contribution in [3.05, 3.63) is 90.5 Å². The summed E-state index contributed by atoms with van der Waals surface area (Å²) in [5.41, 5.74) is 2.40. The van der Waals surface area contributed by atoms with Crippen molar-refractivity contribution in [3.8, 4) is 11.5 Å². The molecule has 28 heavy (non-hydrogen) atoms. The molecular formula is C25H29NO2. The molecule has 0 fully saturated rings. The third-order valence-corrected chi connectivity index (χ3v) is 4.59. The van der Waals surface area contributed by atoms with Gasteiger partial charge in [-0.15, -0.1) is 0 Å². The minimum atomic E-state index is 0.123. The number of ether oxygens (including phenoxy) is 2. The van der Waals surface area contributed by atoms with Crippen molar-refractivity contribution in [3.63, 3.8) is 0 Å². The lowest BCUT2D eigenvalue weighted by molar-refractivity contribution is 0.210. The summed E-state index contributed by atoms with van der Waals surface area (Å²) in [6.07, 6.45) is 3.11. The molecule has 1 unspecified atom stereocenters. The number of hydrogen-bond donors (Lipinski definition) is 1. The summed E-state index contributed by atoms with van der Waals surface area (Å²) in [4.78, 5) is 0. The fraction of sp³-hybridized carbons (Fsp3) is 0.280. The normalized spacial score (nSPS) is 11.6. The number of benzene rings is 3. The van der Waals surface area contributed by atoms with Crippen molar-refractivity contribution in [2.45, 2.75) is 32.3 Å². The highest BCUT2D eigenvalue weighted by Crippen LogP contribution is 2.19. The number of anilines is 1. The molecule has 3 nitrogen and oxygen atoms in total. The lowest BCUT2D eigenvalue weighted by Crippen LogP contribution is -2.25. The molecule has 0 aliphatic carbocycles. The molecule has 3 aromatic carbocycles.